The minimum Gasteiger partial charge on any atom is -0.462 e. The van der Waals surface area contributed by atoms with E-state index in [-0.39, 0.29) is 24.3 Å². The van der Waals surface area contributed by atoms with Crippen LogP contribution in [0.4, 0.5) is 5.69 Å². The van der Waals surface area contributed by atoms with E-state index in [9.17, 15) is 14.4 Å². The third-order valence-electron chi connectivity index (χ3n) is 6.23. The zero-order valence-electron chi connectivity index (χ0n) is 19.4. The molecular formula is C27H25N3O4S. The summed E-state index contributed by atoms with van der Waals surface area (Å²) >= 11 is 1.42. The minimum absolute atomic E-state index is 0.224. The number of carbonyl (C=O) groups excluding carboxylic acids is 2. The molecule has 2 aromatic heterocycles. The molecule has 5 rings (SSSR count). The fraction of sp³-hybridized carbons (Fsp3) is 0.259. The quantitative estimate of drug-likeness (QED) is 0.394. The van der Waals surface area contributed by atoms with Gasteiger partial charge in [0.1, 0.15) is 11.4 Å². The molecule has 0 radical (unpaired) electrons. The summed E-state index contributed by atoms with van der Waals surface area (Å²) in [4.78, 5) is 43.5. The normalized spacial score (nSPS) is 12.8. The Hall–Kier alpha value is -3.78. The largest absolute Gasteiger partial charge is 0.462 e. The highest BCUT2D eigenvalue weighted by atomic mass is 32.1. The van der Waals surface area contributed by atoms with E-state index in [2.05, 4.69) is 28.5 Å². The number of nitrogens with one attached hydrogen (secondary N) is 1. The maximum absolute atomic E-state index is 13.4. The summed E-state index contributed by atoms with van der Waals surface area (Å²) in [5.41, 5.74) is 4.91. The summed E-state index contributed by atoms with van der Waals surface area (Å²) in [7, 11) is 0. The molecule has 178 valence electrons. The number of para-hydroxylation sites is 1. The molecule has 1 N–H and O–H groups in total. The number of nitrogens with zero attached hydrogens (tertiary/aromatic N) is 2. The first-order valence-electron chi connectivity index (χ1n) is 11.7. The molecule has 0 saturated heterocycles. The molecule has 8 heteroatoms. The Morgan fingerprint density at radius 3 is 2.74 bits per heavy atom. The predicted octanol–water partition coefficient (Wildman–Crippen LogP) is 4.82. The molecule has 4 aromatic rings. The molecule has 7 nitrogen and oxygen atoms in total. The first-order chi connectivity index (χ1) is 17.0. The number of rotatable bonds is 6. The molecule has 1 aliphatic rings. The summed E-state index contributed by atoms with van der Waals surface area (Å²) in [5, 5.41) is 5.21. The second-order valence-electron chi connectivity index (χ2n) is 8.51. The Labute approximate surface area is 206 Å². The van der Waals surface area contributed by atoms with Crippen LogP contribution in [0.15, 0.2) is 59.0 Å². The molecule has 0 aliphatic heterocycles. The van der Waals surface area contributed by atoms with Crippen LogP contribution in [-0.4, -0.2) is 28.0 Å². The van der Waals surface area contributed by atoms with Crippen LogP contribution in [0.2, 0.25) is 0 Å². The zero-order valence-corrected chi connectivity index (χ0v) is 20.2. The highest BCUT2D eigenvalue weighted by Gasteiger charge is 2.18. The smallest absolute Gasteiger partial charge is 0.340 e. The fourth-order valence-corrected chi connectivity index (χ4v) is 5.42. The lowest BCUT2D eigenvalue weighted by Crippen LogP contribution is -2.28. The number of carbonyl (C=O) groups is 2. The second-order valence-corrected chi connectivity index (χ2v) is 9.37. The number of hydrogen-bond acceptors (Lipinski definition) is 6. The van der Waals surface area contributed by atoms with E-state index in [1.54, 1.807) is 31.2 Å². The second kappa shape index (κ2) is 9.84. The molecule has 0 bridgehead atoms. The number of hydrogen-bond donors (Lipinski definition) is 1. The van der Waals surface area contributed by atoms with Crippen molar-refractivity contribution < 1.29 is 14.3 Å². The SMILES string of the molecule is CCOC(=O)c1ccccc1NC(=O)Cn1cnc2scc(-c3ccc4c(c3)CCCC4)c2c1=O. The molecule has 0 atom stereocenters. The van der Waals surface area contributed by atoms with E-state index in [1.807, 2.05) is 5.38 Å². The van der Waals surface area contributed by atoms with Crippen molar-refractivity contribution in [1.29, 1.82) is 0 Å². The van der Waals surface area contributed by atoms with E-state index in [1.165, 1.54) is 46.2 Å². The highest BCUT2D eigenvalue weighted by molar-refractivity contribution is 7.17. The van der Waals surface area contributed by atoms with Gasteiger partial charge < -0.3 is 10.1 Å². The van der Waals surface area contributed by atoms with Crippen molar-refractivity contribution in [3.63, 3.8) is 0 Å². The van der Waals surface area contributed by atoms with Gasteiger partial charge in [0.25, 0.3) is 5.56 Å². The van der Waals surface area contributed by atoms with Crippen molar-refractivity contribution in [2.45, 2.75) is 39.2 Å². The topological polar surface area (TPSA) is 90.3 Å². The van der Waals surface area contributed by atoms with Gasteiger partial charge in [0.15, 0.2) is 0 Å². The lowest BCUT2D eigenvalue weighted by atomic mass is 9.89. The Morgan fingerprint density at radius 1 is 1.11 bits per heavy atom. The number of amides is 1. The Bertz CT molecular complexity index is 1490. The van der Waals surface area contributed by atoms with Crippen LogP contribution in [0.25, 0.3) is 21.3 Å². The van der Waals surface area contributed by atoms with E-state index in [4.69, 9.17) is 4.74 Å². The average molecular weight is 488 g/mol. The van der Waals surface area contributed by atoms with Crippen molar-refractivity contribution in [2.24, 2.45) is 0 Å². The van der Waals surface area contributed by atoms with Crippen molar-refractivity contribution in [3.8, 4) is 11.1 Å². The summed E-state index contributed by atoms with van der Waals surface area (Å²) < 4.78 is 6.37. The maximum Gasteiger partial charge on any atom is 0.340 e. The Balaban J connectivity index is 1.43. The average Bonchev–Trinajstić information content (AvgIpc) is 3.31. The van der Waals surface area contributed by atoms with Crippen molar-refractivity contribution in [1.82, 2.24) is 9.55 Å². The number of esters is 1. The number of fused-ring (bicyclic) bond motifs is 2. The predicted molar refractivity (Wildman–Crippen MR) is 137 cm³/mol. The van der Waals surface area contributed by atoms with Crippen LogP contribution in [0, 0.1) is 0 Å². The summed E-state index contributed by atoms with van der Waals surface area (Å²) in [6.45, 7) is 1.73. The van der Waals surface area contributed by atoms with E-state index in [0.717, 1.165) is 24.0 Å². The van der Waals surface area contributed by atoms with Crippen LogP contribution in [0.5, 0.6) is 0 Å². The van der Waals surface area contributed by atoms with E-state index in [0.29, 0.717) is 15.9 Å². The lowest BCUT2D eigenvalue weighted by molar-refractivity contribution is -0.116. The van der Waals surface area contributed by atoms with E-state index < -0.39 is 11.9 Å². The van der Waals surface area contributed by atoms with Gasteiger partial charge >= 0.3 is 5.97 Å². The number of aromatic nitrogens is 2. The first kappa shape index (κ1) is 23.0. The standard InChI is InChI=1S/C27H25N3O4S/c1-2-34-27(33)20-9-5-6-10-22(20)29-23(31)14-30-16-28-25-24(26(30)32)21(15-35-25)19-12-11-17-7-3-4-8-18(17)13-19/h5-6,9-13,15-16H,2-4,7-8,14H2,1H3,(H,29,31). The van der Waals surface area contributed by atoms with Gasteiger partial charge in [0.05, 0.1) is 29.6 Å². The summed E-state index contributed by atoms with van der Waals surface area (Å²) in [6, 6.07) is 13.0. The number of anilines is 1. The van der Waals surface area contributed by atoms with Gasteiger partial charge in [0.2, 0.25) is 5.91 Å². The van der Waals surface area contributed by atoms with Gasteiger partial charge in [-0.2, -0.15) is 0 Å². The van der Waals surface area contributed by atoms with Crippen molar-refractivity contribution in [3.05, 3.63) is 81.2 Å². The molecule has 0 unspecified atom stereocenters. The van der Waals surface area contributed by atoms with Gasteiger partial charge in [-0.05, 0) is 61.4 Å². The lowest BCUT2D eigenvalue weighted by Gasteiger charge is -2.16. The van der Waals surface area contributed by atoms with Crippen LogP contribution in [0.1, 0.15) is 41.3 Å². The molecule has 1 aliphatic carbocycles. The number of benzene rings is 2. The first-order valence-corrected chi connectivity index (χ1v) is 12.6. The molecule has 0 saturated carbocycles. The van der Waals surface area contributed by atoms with Crippen LogP contribution >= 0.6 is 11.3 Å². The van der Waals surface area contributed by atoms with Crippen molar-refractivity contribution >= 4 is 39.1 Å². The van der Waals surface area contributed by atoms with Gasteiger partial charge in [-0.15, -0.1) is 11.3 Å². The van der Waals surface area contributed by atoms with Crippen LogP contribution < -0.4 is 10.9 Å². The summed E-state index contributed by atoms with van der Waals surface area (Å²) in [5.74, 6) is -0.952. The van der Waals surface area contributed by atoms with Gasteiger partial charge in [-0.3, -0.25) is 14.2 Å². The third-order valence-corrected chi connectivity index (χ3v) is 7.12. The molecule has 2 aromatic carbocycles. The monoisotopic (exact) mass is 487 g/mol. The molecule has 2 heterocycles. The number of thiophene rings is 1. The van der Waals surface area contributed by atoms with E-state index >= 15 is 0 Å². The van der Waals surface area contributed by atoms with Crippen molar-refractivity contribution in [2.75, 3.05) is 11.9 Å². The zero-order chi connectivity index (χ0) is 24.4. The maximum atomic E-state index is 13.4. The molecule has 1 amide bonds. The number of ether oxygens (including phenoxy) is 1. The Kier molecular flexibility index (Phi) is 6.46. The Morgan fingerprint density at radius 2 is 1.91 bits per heavy atom. The third kappa shape index (κ3) is 4.61. The summed E-state index contributed by atoms with van der Waals surface area (Å²) in [6.07, 6.45) is 5.96. The molecule has 0 fully saturated rings. The fourth-order valence-electron chi connectivity index (χ4n) is 4.52. The molecule has 0 spiro atoms. The van der Waals surface area contributed by atoms with Crippen LogP contribution in [-0.2, 0) is 28.9 Å². The van der Waals surface area contributed by atoms with Gasteiger partial charge in [-0.25, -0.2) is 9.78 Å². The van der Waals surface area contributed by atoms with Crippen LogP contribution in [0.3, 0.4) is 0 Å². The molecular weight excluding hydrogens is 462 g/mol. The van der Waals surface area contributed by atoms with Gasteiger partial charge in [-0.1, -0.05) is 30.3 Å². The number of aryl methyl sites for hydroxylation is 2. The molecule has 35 heavy (non-hydrogen) atoms. The minimum atomic E-state index is -0.517. The highest BCUT2D eigenvalue weighted by Crippen LogP contribution is 2.33. The van der Waals surface area contributed by atoms with Gasteiger partial charge in [0, 0.05) is 10.9 Å².